The SMILES string of the molecule is CCN(CC)C(=O)CN(C)C(=O)CN1CCCNCC1. The predicted octanol–water partition coefficient (Wildman–Crippen LogP) is -0.391. The number of carbonyl (C=O) groups excluding carboxylic acids is 2. The third-order valence-corrected chi connectivity index (χ3v) is 3.71. The van der Waals surface area contributed by atoms with E-state index < -0.39 is 0 Å². The molecule has 1 N–H and O–H groups in total. The summed E-state index contributed by atoms with van der Waals surface area (Å²) in [5.74, 6) is 0.0378. The zero-order valence-electron chi connectivity index (χ0n) is 13.0. The lowest BCUT2D eigenvalue weighted by Gasteiger charge is -2.25. The molecular weight excluding hydrogens is 256 g/mol. The highest BCUT2D eigenvalue weighted by Gasteiger charge is 2.19. The van der Waals surface area contributed by atoms with E-state index in [1.165, 1.54) is 0 Å². The van der Waals surface area contributed by atoms with Crippen LogP contribution in [0, 0.1) is 0 Å². The first-order chi connectivity index (χ1) is 9.58. The van der Waals surface area contributed by atoms with Crippen molar-refractivity contribution in [2.75, 3.05) is 59.4 Å². The number of nitrogens with one attached hydrogen (secondary N) is 1. The fraction of sp³-hybridized carbons (Fsp3) is 0.857. The minimum Gasteiger partial charge on any atom is -0.342 e. The van der Waals surface area contributed by atoms with Gasteiger partial charge in [-0.2, -0.15) is 0 Å². The zero-order chi connectivity index (χ0) is 15.0. The van der Waals surface area contributed by atoms with Crippen LogP contribution in [0.4, 0.5) is 0 Å². The lowest BCUT2D eigenvalue weighted by Crippen LogP contribution is -2.45. The summed E-state index contributed by atoms with van der Waals surface area (Å²) >= 11 is 0. The molecule has 0 radical (unpaired) electrons. The molecule has 6 nitrogen and oxygen atoms in total. The topological polar surface area (TPSA) is 55.9 Å². The van der Waals surface area contributed by atoms with Crippen LogP contribution in [0.5, 0.6) is 0 Å². The molecule has 116 valence electrons. The molecule has 2 amide bonds. The molecule has 0 saturated carbocycles. The molecule has 20 heavy (non-hydrogen) atoms. The first-order valence-electron chi connectivity index (χ1n) is 7.53. The maximum atomic E-state index is 12.2. The van der Waals surface area contributed by atoms with E-state index in [1.807, 2.05) is 13.8 Å². The van der Waals surface area contributed by atoms with Crippen molar-refractivity contribution in [1.82, 2.24) is 20.0 Å². The second-order valence-corrected chi connectivity index (χ2v) is 5.20. The van der Waals surface area contributed by atoms with E-state index in [9.17, 15) is 9.59 Å². The second-order valence-electron chi connectivity index (χ2n) is 5.20. The van der Waals surface area contributed by atoms with E-state index in [0.717, 1.165) is 32.6 Å². The van der Waals surface area contributed by atoms with Gasteiger partial charge in [0.15, 0.2) is 0 Å². The van der Waals surface area contributed by atoms with Crippen LogP contribution in [0.15, 0.2) is 0 Å². The number of carbonyl (C=O) groups is 2. The third-order valence-electron chi connectivity index (χ3n) is 3.71. The van der Waals surface area contributed by atoms with Crippen LogP contribution in [0.3, 0.4) is 0 Å². The maximum Gasteiger partial charge on any atom is 0.242 e. The first-order valence-corrected chi connectivity index (χ1v) is 7.53. The van der Waals surface area contributed by atoms with E-state index in [1.54, 1.807) is 16.8 Å². The van der Waals surface area contributed by atoms with Gasteiger partial charge in [0.05, 0.1) is 13.1 Å². The largest absolute Gasteiger partial charge is 0.342 e. The first kappa shape index (κ1) is 16.9. The highest BCUT2D eigenvalue weighted by atomic mass is 16.2. The van der Waals surface area contributed by atoms with Crippen LogP contribution in [-0.2, 0) is 9.59 Å². The smallest absolute Gasteiger partial charge is 0.242 e. The van der Waals surface area contributed by atoms with Crippen molar-refractivity contribution in [3.63, 3.8) is 0 Å². The molecule has 1 aliphatic heterocycles. The van der Waals surface area contributed by atoms with Gasteiger partial charge in [0.1, 0.15) is 0 Å². The van der Waals surface area contributed by atoms with E-state index in [-0.39, 0.29) is 18.4 Å². The molecule has 0 aromatic carbocycles. The summed E-state index contributed by atoms with van der Waals surface area (Å²) in [6.07, 6.45) is 1.06. The predicted molar refractivity (Wildman–Crippen MR) is 79.5 cm³/mol. The minimum atomic E-state index is 0.0170. The monoisotopic (exact) mass is 284 g/mol. The van der Waals surface area contributed by atoms with Crippen LogP contribution in [0.1, 0.15) is 20.3 Å². The second kappa shape index (κ2) is 8.92. The Labute approximate surface area is 122 Å². The quantitative estimate of drug-likeness (QED) is 0.722. The van der Waals surface area contributed by atoms with E-state index in [4.69, 9.17) is 0 Å². The maximum absolute atomic E-state index is 12.2. The van der Waals surface area contributed by atoms with Gasteiger partial charge in [-0.25, -0.2) is 0 Å². The average Bonchev–Trinajstić information content (AvgIpc) is 2.68. The van der Waals surface area contributed by atoms with Crippen molar-refractivity contribution in [2.45, 2.75) is 20.3 Å². The summed E-state index contributed by atoms with van der Waals surface area (Å²) in [4.78, 5) is 29.6. The molecule has 1 saturated heterocycles. The van der Waals surface area contributed by atoms with Gasteiger partial charge in [0, 0.05) is 33.2 Å². The molecule has 0 aromatic rings. The van der Waals surface area contributed by atoms with Gasteiger partial charge in [0.2, 0.25) is 11.8 Å². The van der Waals surface area contributed by atoms with Crippen LogP contribution in [0.2, 0.25) is 0 Å². The number of hydrogen-bond donors (Lipinski definition) is 1. The number of likely N-dealkylation sites (N-methyl/N-ethyl adjacent to an activating group) is 2. The Hall–Kier alpha value is -1.14. The van der Waals surface area contributed by atoms with E-state index in [0.29, 0.717) is 19.6 Å². The van der Waals surface area contributed by atoms with Crippen LogP contribution in [-0.4, -0.2) is 85.9 Å². The fourth-order valence-electron chi connectivity index (χ4n) is 2.34. The summed E-state index contributed by atoms with van der Waals surface area (Å²) in [5.41, 5.74) is 0. The van der Waals surface area contributed by atoms with Gasteiger partial charge in [-0.3, -0.25) is 14.5 Å². The molecule has 1 fully saturated rings. The molecule has 6 heteroatoms. The van der Waals surface area contributed by atoms with Crippen molar-refractivity contribution in [1.29, 1.82) is 0 Å². The van der Waals surface area contributed by atoms with E-state index >= 15 is 0 Å². The molecule has 0 spiro atoms. The van der Waals surface area contributed by atoms with Crippen LogP contribution in [0.25, 0.3) is 0 Å². The normalized spacial score (nSPS) is 16.6. The highest BCUT2D eigenvalue weighted by Crippen LogP contribution is 1.98. The molecule has 1 aliphatic rings. The highest BCUT2D eigenvalue weighted by molar-refractivity contribution is 5.85. The Bertz CT molecular complexity index is 310. The number of amides is 2. The fourth-order valence-corrected chi connectivity index (χ4v) is 2.34. The molecule has 0 aliphatic carbocycles. The number of rotatable bonds is 6. The van der Waals surface area contributed by atoms with Crippen LogP contribution < -0.4 is 5.32 Å². The lowest BCUT2D eigenvalue weighted by atomic mass is 10.3. The Morgan fingerprint density at radius 1 is 1.10 bits per heavy atom. The lowest BCUT2D eigenvalue weighted by molar-refractivity contribution is -0.139. The summed E-state index contributed by atoms with van der Waals surface area (Å²) < 4.78 is 0. The van der Waals surface area contributed by atoms with Crippen molar-refractivity contribution in [3.8, 4) is 0 Å². The summed E-state index contributed by atoms with van der Waals surface area (Å²) in [6.45, 7) is 9.64. The van der Waals surface area contributed by atoms with E-state index in [2.05, 4.69) is 10.2 Å². The molecule has 0 aromatic heterocycles. The number of hydrogen-bond acceptors (Lipinski definition) is 4. The molecule has 1 heterocycles. The Morgan fingerprint density at radius 2 is 1.80 bits per heavy atom. The third kappa shape index (κ3) is 5.46. The Morgan fingerprint density at radius 3 is 2.45 bits per heavy atom. The standard InChI is InChI=1S/C14H28N4O2/c1-4-18(5-2)14(20)11-16(3)13(19)12-17-9-6-7-15-8-10-17/h15H,4-12H2,1-3H3. The van der Waals surface area contributed by atoms with Crippen LogP contribution >= 0.6 is 0 Å². The van der Waals surface area contributed by atoms with Gasteiger partial charge in [-0.15, -0.1) is 0 Å². The number of nitrogens with zero attached hydrogens (tertiary/aromatic N) is 3. The van der Waals surface area contributed by atoms with Gasteiger partial charge in [0.25, 0.3) is 0 Å². The summed E-state index contributed by atoms with van der Waals surface area (Å²) in [7, 11) is 1.71. The molecule has 0 atom stereocenters. The Kier molecular flexibility index (Phi) is 7.54. The minimum absolute atomic E-state index is 0.0170. The van der Waals surface area contributed by atoms with Crippen molar-refractivity contribution in [3.05, 3.63) is 0 Å². The molecule has 0 unspecified atom stereocenters. The van der Waals surface area contributed by atoms with Gasteiger partial charge < -0.3 is 15.1 Å². The van der Waals surface area contributed by atoms with Gasteiger partial charge >= 0.3 is 0 Å². The molecular formula is C14H28N4O2. The van der Waals surface area contributed by atoms with Crippen molar-refractivity contribution >= 4 is 11.8 Å². The molecule has 0 bridgehead atoms. The zero-order valence-corrected chi connectivity index (χ0v) is 13.0. The summed E-state index contributed by atoms with van der Waals surface area (Å²) in [6, 6.07) is 0. The average molecular weight is 284 g/mol. The van der Waals surface area contributed by atoms with Gasteiger partial charge in [-0.1, -0.05) is 0 Å². The van der Waals surface area contributed by atoms with Crippen molar-refractivity contribution in [2.24, 2.45) is 0 Å². The molecule has 1 rings (SSSR count). The van der Waals surface area contributed by atoms with Crippen molar-refractivity contribution < 1.29 is 9.59 Å². The van der Waals surface area contributed by atoms with Gasteiger partial charge in [-0.05, 0) is 33.4 Å². The Balaban J connectivity index is 2.39. The summed E-state index contributed by atoms with van der Waals surface area (Å²) in [5, 5.41) is 3.31.